The van der Waals surface area contributed by atoms with Crippen LogP contribution in [0.3, 0.4) is 0 Å². The number of hydrogen-bond acceptors (Lipinski definition) is 3. The number of nitro groups is 1. The van der Waals surface area contributed by atoms with E-state index in [1.165, 1.54) is 12.1 Å². The minimum absolute atomic E-state index is 0. The molecule has 1 aromatic carbocycles. The second kappa shape index (κ2) is 6.51. The van der Waals surface area contributed by atoms with Crippen molar-refractivity contribution in [2.24, 2.45) is 11.7 Å². The summed E-state index contributed by atoms with van der Waals surface area (Å²) >= 11 is 0. The number of nitrogens with two attached hydrogens (primary N) is 1. The van der Waals surface area contributed by atoms with Crippen molar-refractivity contribution in [3.63, 3.8) is 0 Å². The molecule has 0 saturated carbocycles. The Hall–Kier alpha value is -1.20. The van der Waals surface area contributed by atoms with Gasteiger partial charge < -0.3 is 5.73 Å². The molecule has 0 amide bonds. The highest BCUT2D eigenvalue weighted by molar-refractivity contribution is 5.85. The largest absolute Gasteiger partial charge is 0.324 e. The normalized spacial score (nSPS) is 12.1. The van der Waals surface area contributed by atoms with E-state index in [0.29, 0.717) is 17.9 Å². The SMILES string of the molecule is CC(C)C[C@@H](N)c1ccc(F)c([N+](=O)[O-])c1.Cl. The van der Waals surface area contributed by atoms with Crippen LogP contribution in [-0.2, 0) is 0 Å². The summed E-state index contributed by atoms with van der Waals surface area (Å²) in [6.07, 6.45) is 0.711. The molecule has 0 bridgehead atoms. The first-order valence-corrected chi connectivity index (χ1v) is 5.11. The summed E-state index contributed by atoms with van der Waals surface area (Å²) < 4.78 is 13.1. The van der Waals surface area contributed by atoms with Gasteiger partial charge in [0.25, 0.3) is 0 Å². The van der Waals surface area contributed by atoms with E-state index >= 15 is 0 Å². The summed E-state index contributed by atoms with van der Waals surface area (Å²) in [6, 6.07) is 3.50. The maximum absolute atomic E-state index is 13.1. The molecular weight excluding hydrogens is 247 g/mol. The van der Waals surface area contributed by atoms with Gasteiger partial charge in [-0.05, 0) is 24.0 Å². The molecule has 0 heterocycles. The molecule has 96 valence electrons. The molecular formula is C11H16ClFN2O2. The van der Waals surface area contributed by atoms with Gasteiger partial charge in [-0.15, -0.1) is 12.4 Å². The average Bonchev–Trinajstić information content (AvgIpc) is 2.16. The molecule has 1 rings (SSSR count). The number of nitro benzene ring substituents is 1. The van der Waals surface area contributed by atoms with Crippen molar-refractivity contribution >= 4 is 18.1 Å². The van der Waals surface area contributed by atoms with Crippen molar-refractivity contribution < 1.29 is 9.31 Å². The van der Waals surface area contributed by atoms with Crippen LogP contribution in [0.2, 0.25) is 0 Å². The topological polar surface area (TPSA) is 69.2 Å². The minimum Gasteiger partial charge on any atom is -0.324 e. The Balaban J connectivity index is 0.00000256. The molecule has 0 saturated heterocycles. The molecule has 1 atom stereocenters. The fourth-order valence-electron chi connectivity index (χ4n) is 1.54. The Morgan fingerprint density at radius 3 is 2.53 bits per heavy atom. The van der Waals surface area contributed by atoms with E-state index in [9.17, 15) is 14.5 Å². The number of halogens is 2. The highest BCUT2D eigenvalue weighted by Crippen LogP contribution is 2.24. The molecule has 0 aliphatic rings. The van der Waals surface area contributed by atoms with Gasteiger partial charge in [-0.3, -0.25) is 10.1 Å². The third kappa shape index (κ3) is 4.28. The van der Waals surface area contributed by atoms with Crippen LogP contribution in [0.4, 0.5) is 10.1 Å². The molecule has 0 aliphatic heterocycles. The zero-order valence-electron chi connectivity index (χ0n) is 9.72. The number of rotatable bonds is 4. The van der Waals surface area contributed by atoms with E-state index < -0.39 is 16.4 Å². The van der Waals surface area contributed by atoms with E-state index in [0.717, 1.165) is 6.07 Å². The smallest absolute Gasteiger partial charge is 0.305 e. The lowest BCUT2D eigenvalue weighted by molar-refractivity contribution is -0.387. The Morgan fingerprint density at radius 2 is 2.06 bits per heavy atom. The zero-order valence-corrected chi connectivity index (χ0v) is 10.5. The first-order chi connectivity index (χ1) is 7.41. The summed E-state index contributed by atoms with van der Waals surface area (Å²) in [6.45, 7) is 4.02. The van der Waals surface area contributed by atoms with Gasteiger partial charge in [-0.1, -0.05) is 19.9 Å². The molecule has 0 aliphatic carbocycles. The lowest BCUT2D eigenvalue weighted by Crippen LogP contribution is -2.13. The monoisotopic (exact) mass is 262 g/mol. The summed E-state index contributed by atoms with van der Waals surface area (Å²) in [7, 11) is 0. The summed E-state index contributed by atoms with van der Waals surface area (Å²) in [5.74, 6) is -0.440. The van der Waals surface area contributed by atoms with E-state index in [4.69, 9.17) is 5.73 Å². The third-order valence-corrected chi connectivity index (χ3v) is 2.32. The fraction of sp³-hybridized carbons (Fsp3) is 0.455. The van der Waals surface area contributed by atoms with Gasteiger partial charge in [-0.25, -0.2) is 0 Å². The highest BCUT2D eigenvalue weighted by atomic mass is 35.5. The van der Waals surface area contributed by atoms with Crippen LogP contribution in [0.15, 0.2) is 18.2 Å². The van der Waals surface area contributed by atoms with Crippen LogP contribution in [0.25, 0.3) is 0 Å². The molecule has 1 aromatic rings. The fourth-order valence-corrected chi connectivity index (χ4v) is 1.54. The van der Waals surface area contributed by atoms with Crippen molar-refractivity contribution in [1.82, 2.24) is 0 Å². The maximum atomic E-state index is 13.1. The van der Waals surface area contributed by atoms with Crippen molar-refractivity contribution in [3.05, 3.63) is 39.7 Å². The molecule has 0 spiro atoms. The predicted molar refractivity (Wildman–Crippen MR) is 66.7 cm³/mol. The third-order valence-electron chi connectivity index (χ3n) is 2.32. The van der Waals surface area contributed by atoms with Crippen LogP contribution in [0.5, 0.6) is 0 Å². The van der Waals surface area contributed by atoms with Crippen molar-refractivity contribution in [3.8, 4) is 0 Å². The van der Waals surface area contributed by atoms with Gasteiger partial charge in [0.15, 0.2) is 0 Å². The van der Waals surface area contributed by atoms with Crippen LogP contribution >= 0.6 is 12.4 Å². The highest BCUT2D eigenvalue weighted by Gasteiger charge is 2.17. The Bertz CT molecular complexity index is 399. The van der Waals surface area contributed by atoms with E-state index in [-0.39, 0.29) is 18.4 Å². The molecule has 0 radical (unpaired) electrons. The van der Waals surface area contributed by atoms with E-state index in [1.807, 2.05) is 13.8 Å². The van der Waals surface area contributed by atoms with Gasteiger partial charge in [-0.2, -0.15) is 4.39 Å². The molecule has 0 aromatic heterocycles. The molecule has 4 nitrogen and oxygen atoms in total. The lowest BCUT2D eigenvalue weighted by atomic mass is 9.97. The number of nitrogens with zero attached hydrogens (tertiary/aromatic N) is 1. The van der Waals surface area contributed by atoms with Gasteiger partial charge in [0, 0.05) is 12.1 Å². The zero-order chi connectivity index (χ0) is 12.3. The van der Waals surface area contributed by atoms with Crippen molar-refractivity contribution in [1.29, 1.82) is 0 Å². The summed E-state index contributed by atoms with van der Waals surface area (Å²) in [4.78, 5) is 9.81. The molecule has 6 heteroatoms. The maximum Gasteiger partial charge on any atom is 0.305 e. The quantitative estimate of drug-likeness (QED) is 0.669. The molecule has 2 N–H and O–H groups in total. The van der Waals surface area contributed by atoms with Crippen molar-refractivity contribution in [2.45, 2.75) is 26.3 Å². The van der Waals surface area contributed by atoms with Crippen LogP contribution in [-0.4, -0.2) is 4.92 Å². The first-order valence-electron chi connectivity index (χ1n) is 5.11. The first kappa shape index (κ1) is 15.8. The number of benzene rings is 1. The number of hydrogen-bond donors (Lipinski definition) is 1. The van der Waals surface area contributed by atoms with Gasteiger partial charge in [0.2, 0.25) is 5.82 Å². The van der Waals surface area contributed by atoms with Gasteiger partial charge >= 0.3 is 5.69 Å². The van der Waals surface area contributed by atoms with Gasteiger partial charge in [0.1, 0.15) is 0 Å². The summed E-state index contributed by atoms with van der Waals surface area (Å²) in [5, 5.41) is 10.5. The molecule has 0 fully saturated rings. The Morgan fingerprint density at radius 1 is 1.47 bits per heavy atom. The summed E-state index contributed by atoms with van der Waals surface area (Å²) in [5.41, 5.74) is 5.95. The Kier molecular flexibility index (Phi) is 6.05. The van der Waals surface area contributed by atoms with Gasteiger partial charge in [0.05, 0.1) is 4.92 Å². The molecule has 17 heavy (non-hydrogen) atoms. The van der Waals surface area contributed by atoms with E-state index in [2.05, 4.69) is 0 Å². The second-order valence-electron chi connectivity index (χ2n) is 4.20. The van der Waals surface area contributed by atoms with E-state index in [1.54, 1.807) is 0 Å². The predicted octanol–water partition coefficient (Wildman–Crippen LogP) is 3.20. The Labute approximate surface area is 106 Å². The van der Waals surface area contributed by atoms with Crippen LogP contribution in [0.1, 0.15) is 31.9 Å². The van der Waals surface area contributed by atoms with Crippen LogP contribution in [0, 0.1) is 21.8 Å². The second-order valence-corrected chi connectivity index (χ2v) is 4.20. The molecule has 0 unspecified atom stereocenters. The van der Waals surface area contributed by atoms with Crippen molar-refractivity contribution in [2.75, 3.05) is 0 Å². The lowest BCUT2D eigenvalue weighted by Gasteiger charge is -2.14. The average molecular weight is 263 g/mol. The standard InChI is InChI=1S/C11H15FN2O2.ClH/c1-7(2)5-10(13)8-3-4-9(12)11(6-8)14(15)16;/h3-4,6-7,10H,5,13H2,1-2H3;1H/t10-;/m1./s1. The van der Waals surface area contributed by atoms with Crippen LogP contribution < -0.4 is 5.73 Å². The minimum atomic E-state index is -0.828.